The lowest BCUT2D eigenvalue weighted by Gasteiger charge is -2.30. The van der Waals surface area contributed by atoms with Crippen molar-refractivity contribution in [3.05, 3.63) is 0 Å². The van der Waals surface area contributed by atoms with E-state index in [4.69, 9.17) is 5.73 Å². The van der Waals surface area contributed by atoms with Crippen LogP contribution >= 0.6 is 0 Å². The molecule has 0 spiro atoms. The molecule has 1 saturated heterocycles. The van der Waals surface area contributed by atoms with Crippen molar-refractivity contribution in [3.63, 3.8) is 0 Å². The van der Waals surface area contributed by atoms with Gasteiger partial charge in [-0.05, 0) is 31.1 Å². The van der Waals surface area contributed by atoms with Crippen LogP contribution in [-0.4, -0.2) is 64.9 Å². The molecule has 3 amide bonds. The maximum absolute atomic E-state index is 12.9. The van der Waals surface area contributed by atoms with Crippen LogP contribution < -0.4 is 16.4 Å². The first-order chi connectivity index (χ1) is 12.6. The third-order valence-electron chi connectivity index (χ3n) is 4.59. The van der Waals surface area contributed by atoms with Crippen molar-refractivity contribution in [1.29, 1.82) is 0 Å². The third kappa shape index (κ3) is 6.50. The second kappa shape index (κ2) is 10.2. The number of hydrogen-bond acceptors (Lipinski definition) is 5. The van der Waals surface area contributed by atoms with Crippen LogP contribution in [0.2, 0.25) is 0 Å². The molecule has 27 heavy (non-hydrogen) atoms. The van der Waals surface area contributed by atoms with Gasteiger partial charge < -0.3 is 26.4 Å². The molecule has 1 fully saturated rings. The highest BCUT2D eigenvalue weighted by molar-refractivity contribution is 5.94. The highest BCUT2D eigenvalue weighted by Gasteiger charge is 2.38. The van der Waals surface area contributed by atoms with Crippen LogP contribution in [0.1, 0.15) is 47.0 Å². The van der Waals surface area contributed by atoms with Gasteiger partial charge in [0.2, 0.25) is 17.7 Å². The lowest BCUT2D eigenvalue weighted by molar-refractivity contribution is -0.149. The average molecular weight is 384 g/mol. The molecule has 0 aromatic rings. The van der Waals surface area contributed by atoms with Gasteiger partial charge >= 0.3 is 5.97 Å². The highest BCUT2D eigenvalue weighted by Crippen LogP contribution is 2.20. The van der Waals surface area contributed by atoms with E-state index in [0.717, 1.165) is 0 Å². The number of carboxylic acid groups (broad SMARTS) is 1. The number of amides is 3. The quantitative estimate of drug-likeness (QED) is 0.430. The molecule has 1 aliphatic heterocycles. The Morgan fingerprint density at radius 1 is 1.15 bits per heavy atom. The van der Waals surface area contributed by atoms with Crippen LogP contribution in [0.3, 0.4) is 0 Å². The van der Waals surface area contributed by atoms with Gasteiger partial charge in [0.1, 0.15) is 18.1 Å². The summed E-state index contributed by atoms with van der Waals surface area (Å²) >= 11 is 0. The number of likely N-dealkylation sites (tertiary alicyclic amines) is 1. The molecule has 5 N–H and O–H groups in total. The molecule has 0 radical (unpaired) electrons. The molecule has 1 aliphatic rings. The van der Waals surface area contributed by atoms with E-state index >= 15 is 0 Å². The summed E-state index contributed by atoms with van der Waals surface area (Å²) in [6.07, 6.45) is 1.40. The predicted octanol–water partition coefficient (Wildman–Crippen LogP) is -0.308. The lowest BCUT2D eigenvalue weighted by atomic mass is 9.99. The number of nitrogens with two attached hydrogens (primary N) is 1. The Bertz CT molecular complexity index is 564. The van der Waals surface area contributed by atoms with Crippen molar-refractivity contribution in [2.75, 3.05) is 13.1 Å². The normalized spacial score (nSPS) is 19.1. The Morgan fingerprint density at radius 3 is 2.26 bits per heavy atom. The molecule has 1 heterocycles. The van der Waals surface area contributed by atoms with Crippen molar-refractivity contribution in [2.45, 2.75) is 65.1 Å². The van der Waals surface area contributed by atoms with Crippen LogP contribution in [0.15, 0.2) is 0 Å². The van der Waals surface area contributed by atoms with Gasteiger partial charge in [-0.15, -0.1) is 0 Å². The second-order valence-electron chi connectivity index (χ2n) is 7.71. The summed E-state index contributed by atoms with van der Waals surface area (Å²) in [5.74, 6) is -2.45. The van der Waals surface area contributed by atoms with E-state index in [-0.39, 0.29) is 18.4 Å². The molecule has 3 unspecified atom stereocenters. The molecule has 9 nitrogen and oxygen atoms in total. The first-order valence-corrected chi connectivity index (χ1v) is 9.41. The number of carbonyl (C=O) groups excluding carboxylic acids is 3. The molecule has 1 rings (SSSR count). The van der Waals surface area contributed by atoms with Gasteiger partial charge in [0, 0.05) is 6.54 Å². The molecule has 0 saturated carbocycles. The standard InChI is InChI=1S/C18H32N4O5/c1-10(2)8-12(17(25)22-7-5-6-13(22)18(26)27)20-16(24)15(11(3)4)21-14(23)9-19/h10-13,15H,5-9,19H2,1-4H3,(H,20,24)(H,21,23)(H,26,27). The fourth-order valence-corrected chi connectivity index (χ4v) is 3.21. The second-order valence-corrected chi connectivity index (χ2v) is 7.71. The van der Waals surface area contributed by atoms with Crippen molar-refractivity contribution in [3.8, 4) is 0 Å². The Balaban J connectivity index is 2.95. The zero-order valence-corrected chi connectivity index (χ0v) is 16.5. The van der Waals surface area contributed by atoms with Crippen LogP contribution in [0, 0.1) is 11.8 Å². The first-order valence-electron chi connectivity index (χ1n) is 9.41. The summed E-state index contributed by atoms with van der Waals surface area (Å²) < 4.78 is 0. The van der Waals surface area contributed by atoms with Crippen molar-refractivity contribution in [1.82, 2.24) is 15.5 Å². The van der Waals surface area contributed by atoms with Gasteiger partial charge in [-0.25, -0.2) is 4.79 Å². The SMILES string of the molecule is CC(C)CC(NC(=O)C(NC(=O)CN)C(C)C)C(=O)N1CCCC1C(=O)O. The monoisotopic (exact) mass is 384 g/mol. The summed E-state index contributed by atoms with van der Waals surface area (Å²) in [4.78, 5) is 50.0. The van der Waals surface area contributed by atoms with E-state index in [9.17, 15) is 24.3 Å². The van der Waals surface area contributed by atoms with E-state index in [1.807, 2.05) is 13.8 Å². The average Bonchev–Trinajstić information content (AvgIpc) is 3.07. The molecule has 9 heteroatoms. The maximum atomic E-state index is 12.9. The Hall–Kier alpha value is -2.16. The molecular formula is C18H32N4O5. The van der Waals surface area contributed by atoms with Crippen LogP contribution in [-0.2, 0) is 19.2 Å². The molecule has 0 aliphatic carbocycles. The molecule has 0 bridgehead atoms. The van der Waals surface area contributed by atoms with Crippen molar-refractivity contribution in [2.24, 2.45) is 17.6 Å². The van der Waals surface area contributed by atoms with E-state index < -0.39 is 41.8 Å². The van der Waals surface area contributed by atoms with Gasteiger partial charge in [-0.1, -0.05) is 27.7 Å². The van der Waals surface area contributed by atoms with Crippen LogP contribution in [0.5, 0.6) is 0 Å². The lowest BCUT2D eigenvalue weighted by Crippen LogP contribution is -2.57. The minimum atomic E-state index is -1.04. The van der Waals surface area contributed by atoms with E-state index in [1.54, 1.807) is 13.8 Å². The number of nitrogens with one attached hydrogen (secondary N) is 2. The Labute approximate surface area is 160 Å². The topological polar surface area (TPSA) is 142 Å². The van der Waals surface area contributed by atoms with Crippen molar-refractivity contribution < 1.29 is 24.3 Å². The predicted molar refractivity (Wildman–Crippen MR) is 99.6 cm³/mol. The number of aliphatic carboxylic acids is 1. The van der Waals surface area contributed by atoms with Crippen molar-refractivity contribution >= 4 is 23.7 Å². The fourth-order valence-electron chi connectivity index (χ4n) is 3.21. The summed E-state index contributed by atoms with van der Waals surface area (Å²) in [5.41, 5.74) is 5.30. The van der Waals surface area contributed by atoms with Gasteiger partial charge in [-0.2, -0.15) is 0 Å². The summed E-state index contributed by atoms with van der Waals surface area (Å²) in [5, 5.41) is 14.6. The zero-order valence-electron chi connectivity index (χ0n) is 16.5. The Kier molecular flexibility index (Phi) is 8.68. The minimum Gasteiger partial charge on any atom is -0.480 e. The van der Waals surface area contributed by atoms with E-state index in [2.05, 4.69) is 10.6 Å². The molecular weight excluding hydrogens is 352 g/mol. The van der Waals surface area contributed by atoms with Gasteiger partial charge in [-0.3, -0.25) is 14.4 Å². The highest BCUT2D eigenvalue weighted by atomic mass is 16.4. The number of hydrogen-bond donors (Lipinski definition) is 4. The van der Waals surface area contributed by atoms with Gasteiger partial charge in [0.05, 0.1) is 6.54 Å². The smallest absolute Gasteiger partial charge is 0.326 e. The molecule has 0 aromatic heterocycles. The van der Waals surface area contributed by atoms with E-state index in [0.29, 0.717) is 25.8 Å². The zero-order chi connectivity index (χ0) is 20.7. The maximum Gasteiger partial charge on any atom is 0.326 e. The molecule has 154 valence electrons. The van der Waals surface area contributed by atoms with Crippen LogP contribution in [0.25, 0.3) is 0 Å². The number of carbonyl (C=O) groups is 4. The summed E-state index contributed by atoms with van der Waals surface area (Å²) in [6.45, 7) is 7.52. The van der Waals surface area contributed by atoms with Gasteiger partial charge in [0.25, 0.3) is 0 Å². The Morgan fingerprint density at radius 2 is 1.78 bits per heavy atom. The van der Waals surface area contributed by atoms with Crippen LogP contribution in [0.4, 0.5) is 0 Å². The summed E-state index contributed by atoms with van der Waals surface area (Å²) in [6, 6.07) is -2.52. The summed E-state index contributed by atoms with van der Waals surface area (Å²) in [7, 11) is 0. The molecule has 0 aromatic carbocycles. The number of rotatable bonds is 9. The largest absolute Gasteiger partial charge is 0.480 e. The van der Waals surface area contributed by atoms with Gasteiger partial charge in [0.15, 0.2) is 0 Å². The minimum absolute atomic E-state index is 0.112. The third-order valence-corrected chi connectivity index (χ3v) is 4.59. The van der Waals surface area contributed by atoms with E-state index in [1.165, 1.54) is 4.90 Å². The number of carboxylic acids is 1. The molecule has 3 atom stereocenters. The first kappa shape index (κ1) is 22.9. The number of nitrogens with zero attached hydrogens (tertiary/aromatic N) is 1. The fraction of sp³-hybridized carbons (Fsp3) is 0.778.